The van der Waals surface area contributed by atoms with E-state index in [9.17, 15) is 10.1 Å². The van der Waals surface area contributed by atoms with Crippen molar-refractivity contribution in [2.75, 3.05) is 14.2 Å². The molecule has 0 fully saturated rings. The van der Waals surface area contributed by atoms with Gasteiger partial charge in [-0.25, -0.2) is 0 Å². The van der Waals surface area contributed by atoms with E-state index in [1.165, 1.54) is 26.4 Å². The molecule has 8 nitrogen and oxygen atoms in total. The van der Waals surface area contributed by atoms with Crippen molar-refractivity contribution in [1.82, 2.24) is 10.2 Å². The molecule has 0 bridgehead atoms. The summed E-state index contributed by atoms with van der Waals surface area (Å²) in [7, 11) is 3.07. The van der Waals surface area contributed by atoms with E-state index in [1.807, 2.05) is 0 Å². The molecule has 26 heavy (non-hydrogen) atoms. The van der Waals surface area contributed by atoms with Crippen LogP contribution in [0.1, 0.15) is 0 Å². The van der Waals surface area contributed by atoms with Gasteiger partial charge in [-0.3, -0.25) is 10.1 Å². The van der Waals surface area contributed by atoms with Gasteiger partial charge in [-0.2, -0.15) is 0 Å². The summed E-state index contributed by atoms with van der Waals surface area (Å²) < 4.78 is 16.0. The van der Waals surface area contributed by atoms with Gasteiger partial charge in [-0.1, -0.05) is 11.6 Å². The number of rotatable bonds is 6. The Balaban J connectivity index is 1.91. The van der Waals surface area contributed by atoms with Crippen molar-refractivity contribution in [2.45, 2.75) is 10.1 Å². The van der Waals surface area contributed by atoms with E-state index in [0.29, 0.717) is 22.0 Å². The Kier molecular flexibility index (Phi) is 5.29. The van der Waals surface area contributed by atoms with Gasteiger partial charge in [-0.15, -0.1) is 10.2 Å². The maximum absolute atomic E-state index is 11.2. The van der Waals surface area contributed by atoms with Crippen LogP contribution in [0.5, 0.6) is 11.5 Å². The van der Waals surface area contributed by atoms with Gasteiger partial charge in [0.2, 0.25) is 5.89 Å². The highest BCUT2D eigenvalue weighted by Gasteiger charge is 2.19. The highest BCUT2D eigenvalue weighted by atomic mass is 35.5. The Morgan fingerprint density at radius 1 is 1.12 bits per heavy atom. The van der Waals surface area contributed by atoms with Crippen LogP contribution in [-0.4, -0.2) is 29.3 Å². The number of hydrogen-bond donors (Lipinski definition) is 0. The fraction of sp³-hybridized carbons (Fsp3) is 0.125. The Hall–Kier alpha value is -2.78. The minimum absolute atomic E-state index is 0.134. The molecule has 0 aliphatic rings. The van der Waals surface area contributed by atoms with Crippen molar-refractivity contribution in [3.63, 3.8) is 0 Å². The standard InChI is InChI=1S/C16H12ClN3O5S/c1-23-11-5-9(6-12(8-11)24-2)15-18-19-16(25-15)26-14-4-3-10(17)7-13(14)20(21)22/h3-8H,1-2H3. The molecular formula is C16H12ClN3O5S. The lowest BCUT2D eigenvalue weighted by atomic mass is 10.2. The molecule has 3 rings (SSSR count). The molecular weight excluding hydrogens is 382 g/mol. The van der Waals surface area contributed by atoms with E-state index >= 15 is 0 Å². The number of nitro groups is 1. The van der Waals surface area contributed by atoms with Crippen molar-refractivity contribution in [1.29, 1.82) is 0 Å². The number of aromatic nitrogens is 2. The van der Waals surface area contributed by atoms with Crippen LogP contribution in [0.4, 0.5) is 5.69 Å². The van der Waals surface area contributed by atoms with Gasteiger partial charge < -0.3 is 13.9 Å². The molecule has 0 amide bonds. The van der Waals surface area contributed by atoms with Crippen molar-refractivity contribution in [2.24, 2.45) is 0 Å². The van der Waals surface area contributed by atoms with Crippen LogP contribution in [0.25, 0.3) is 11.5 Å². The highest BCUT2D eigenvalue weighted by molar-refractivity contribution is 7.99. The van der Waals surface area contributed by atoms with Crippen LogP contribution in [-0.2, 0) is 0 Å². The topological polar surface area (TPSA) is 101 Å². The van der Waals surface area contributed by atoms with E-state index in [1.54, 1.807) is 24.3 Å². The van der Waals surface area contributed by atoms with Crippen LogP contribution >= 0.6 is 23.4 Å². The van der Waals surface area contributed by atoms with Gasteiger partial charge in [0.05, 0.1) is 24.0 Å². The molecule has 0 saturated heterocycles. The monoisotopic (exact) mass is 393 g/mol. The Morgan fingerprint density at radius 3 is 2.42 bits per heavy atom. The van der Waals surface area contributed by atoms with Crippen molar-refractivity contribution < 1.29 is 18.8 Å². The molecule has 0 spiro atoms. The quantitative estimate of drug-likeness (QED) is 0.446. The Morgan fingerprint density at radius 2 is 1.81 bits per heavy atom. The number of halogens is 1. The summed E-state index contributed by atoms with van der Waals surface area (Å²) in [6.07, 6.45) is 0. The molecule has 1 aromatic heterocycles. The second kappa shape index (κ2) is 7.63. The minimum Gasteiger partial charge on any atom is -0.497 e. The molecule has 3 aromatic rings. The van der Waals surface area contributed by atoms with Gasteiger partial charge in [-0.05, 0) is 36.0 Å². The smallest absolute Gasteiger partial charge is 0.284 e. The molecule has 0 N–H and O–H groups in total. The fourth-order valence-electron chi connectivity index (χ4n) is 2.11. The zero-order valence-electron chi connectivity index (χ0n) is 13.6. The average Bonchev–Trinajstić information content (AvgIpc) is 3.11. The molecule has 10 heteroatoms. The summed E-state index contributed by atoms with van der Waals surface area (Å²) in [6.45, 7) is 0. The van der Waals surface area contributed by atoms with Crippen LogP contribution in [0.15, 0.2) is 50.9 Å². The lowest BCUT2D eigenvalue weighted by Crippen LogP contribution is -1.90. The van der Waals surface area contributed by atoms with E-state index in [2.05, 4.69) is 10.2 Å². The van der Waals surface area contributed by atoms with E-state index in [-0.39, 0.29) is 21.8 Å². The van der Waals surface area contributed by atoms with Gasteiger partial charge >= 0.3 is 0 Å². The largest absolute Gasteiger partial charge is 0.497 e. The van der Waals surface area contributed by atoms with Gasteiger partial charge in [0.25, 0.3) is 10.9 Å². The first-order valence-electron chi connectivity index (χ1n) is 7.19. The maximum Gasteiger partial charge on any atom is 0.284 e. The Bertz CT molecular complexity index is 941. The fourth-order valence-corrected chi connectivity index (χ4v) is 3.04. The molecule has 0 aliphatic carbocycles. The number of nitro benzene ring substituents is 1. The first-order chi connectivity index (χ1) is 12.5. The van der Waals surface area contributed by atoms with Crippen molar-refractivity contribution in [3.8, 4) is 23.0 Å². The summed E-state index contributed by atoms with van der Waals surface area (Å²) >= 11 is 6.80. The molecule has 0 unspecified atom stereocenters. The normalized spacial score (nSPS) is 10.6. The molecule has 0 atom stereocenters. The van der Waals surface area contributed by atoms with Crippen LogP contribution in [0, 0.1) is 10.1 Å². The minimum atomic E-state index is -0.515. The highest BCUT2D eigenvalue weighted by Crippen LogP contribution is 2.37. The summed E-state index contributed by atoms with van der Waals surface area (Å²) in [5.74, 6) is 1.38. The molecule has 1 heterocycles. The molecule has 0 saturated carbocycles. The predicted octanol–water partition coefficient (Wildman–Crippen LogP) is 4.47. The molecule has 134 valence electrons. The van der Waals surface area contributed by atoms with Gasteiger partial charge in [0, 0.05) is 22.7 Å². The second-order valence-electron chi connectivity index (χ2n) is 4.95. The number of ether oxygens (including phenoxy) is 2. The first-order valence-corrected chi connectivity index (χ1v) is 8.38. The molecule has 0 radical (unpaired) electrons. The number of benzene rings is 2. The maximum atomic E-state index is 11.2. The lowest BCUT2D eigenvalue weighted by molar-refractivity contribution is -0.387. The number of methoxy groups -OCH3 is 2. The van der Waals surface area contributed by atoms with Crippen molar-refractivity contribution >= 4 is 29.1 Å². The zero-order valence-corrected chi connectivity index (χ0v) is 15.2. The van der Waals surface area contributed by atoms with Crippen LogP contribution in [0.2, 0.25) is 5.02 Å². The van der Waals surface area contributed by atoms with Crippen LogP contribution < -0.4 is 9.47 Å². The first kappa shape index (κ1) is 18.0. The van der Waals surface area contributed by atoms with E-state index < -0.39 is 4.92 Å². The lowest BCUT2D eigenvalue weighted by Gasteiger charge is -2.05. The summed E-state index contributed by atoms with van der Waals surface area (Å²) in [5.41, 5.74) is 0.469. The zero-order chi connectivity index (χ0) is 18.7. The molecule has 2 aromatic carbocycles. The molecule has 0 aliphatic heterocycles. The second-order valence-corrected chi connectivity index (χ2v) is 6.38. The average molecular weight is 394 g/mol. The summed E-state index contributed by atoms with van der Waals surface area (Å²) in [5, 5.41) is 19.5. The van der Waals surface area contributed by atoms with E-state index in [0.717, 1.165) is 11.8 Å². The predicted molar refractivity (Wildman–Crippen MR) is 95.1 cm³/mol. The summed E-state index contributed by atoms with van der Waals surface area (Å²) in [4.78, 5) is 11.0. The third-order valence-corrected chi connectivity index (χ3v) is 4.46. The van der Waals surface area contributed by atoms with Crippen molar-refractivity contribution in [3.05, 3.63) is 51.5 Å². The van der Waals surface area contributed by atoms with Crippen LogP contribution in [0.3, 0.4) is 0 Å². The number of hydrogen-bond acceptors (Lipinski definition) is 8. The summed E-state index contributed by atoms with van der Waals surface area (Å²) in [6, 6.07) is 9.51. The third kappa shape index (κ3) is 3.89. The van der Waals surface area contributed by atoms with E-state index in [4.69, 9.17) is 25.5 Å². The van der Waals surface area contributed by atoms with Gasteiger partial charge in [0.1, 0.15) is 11.5 Å². The van der Waals surface area contributed by atoms with Gasteiger partial charge in [0.15, 0.2) is 0 Å². The number of nitrogens with zero attached hydrogens (tertiary/aromatic N) is 3. The third-order valence-electron chi connectivity index (χ3n) is 3.32. The Labute approximate surface area is 157 Å². The SMILES string of the molecule is COc1cc(OC)cc(-c2nnc(Sc3ccc(Cl)cc3[N+](=O)[O-])o2)c1.